The topological polar surface area (TPSA) is 97.3 Å². The van der Waals surface area contributed by atoms with Crippen LogP contribution in [0.2, 0.25) is 10.0 Å². The zero-order valence-corrected chi connectivity index (χ0v) is 18.2. The Balaban J connectivity index is 2.21. The van der Waals surface area contributed by atoms with E-state index in [-0.39, 0.29) is 11.4 Å². The lowest BCUT2D eigenvalue weighted by Crippen LogP contribution is -2.39. The van der Waals surface area contributed by atoms with E-state index in [2.05, 4.69) is 10.5 Å². The number of methoxy groups -OCH3 is 2. The lowest BCUT2D eigenvalue weighted by Gasteiger charge is -2.23. The minimum absolute atomic E-state index is 0.184. The lowest BCUT2D eigenvalue weighted by molar-refractivity contribution is -0.119. The van der Waals surface area contributed by atoms with Crippen molar-refractivity contribution >= 4 is 51.0 Å². The van der Waals surface area contributed by atoms with Gasteiger partial charge in [-0.2, -0.15) is 5.10 Å². The Morgan fingerprint density at radius 3 is 2.38 bits per heavy atom. The molecule has 0 saturated carbocycles. The second kappa shape index (κ2) is 9.82. The first kappa shape index (κ1) is 22.8. The van der Waals surface area contributed by atoms with E-state index >= 15 is 0 Å². The maximum Gasteiger partial charge on any atom is 0.260 e. The minimum Gasteiger partial charge on any atom is -0.497 e. The smallest absolute Gasteiger partial charge is 0.260 e. The highest BCUT2D eigenvalue weighted by molar-refractivity contribution is 7.92. The molecule has 1 amide bonds. The Kier molecular flexibility index (Phi) is 7.72. The predicted octanol–water partition coefficient (Wildman–Crippen LogP) is 2.93. The first-order valence-corrected chi connectivity index (χ1v) is 10.7. The van der Waals surface area contributed by atoms with Gasteiger partial charge in [-0.1, -0.05) is 29.3 Å². The third kappa shape index (κ3) is 5.99. The summed E-state index contributed by atoms with van der Waals surface area (Å²) in [5.41, 5.74) is 2.87. The van der Waals surface area contributed by atoms with E-state index in [0.717, 1.165) is 10.6 Å². The number of anilines is 1. The third-order valence-corrected chi connectivity index (χ3v) is 5.51. The average molecular weight is 460 g/mol. The Hall–Kier alpha value is -2.49. The lowest BCUT2D eigenvalue weighted by atomic mass is 10.2. The van der Waals surface area contributed by atoms with Crippen LogP contribution >= 0.6 is 23.2 Å². The molecule has 8 nitrogen and oxygen atoms in total. The number of benzene rings is 2. The number of hydrazone groups is 1. The number of ether oxygens (including phenoxy) is 2. The number of nitrogens with zero attached hydrogens (tertiary/aromatic N) is 2. The Morgan fingerprint density at radius 1 is 1.17 bits per heavy atom. The molecule has 0 aliphatic carbocycles. The maximum absolute atomic E-state index is 12.3. The predicted molar refractivity (Wildman–Crippen MR) is 114 cm³/mol. The van der Waals surface area contributed by atoms with Gasteiger partial charge in [0.1, 0.15) is 18.0 Å². The number of amides is 1. The normalized spacial score (nSPS) is 11.3. The number of halogens is 2. The minimum atomic E-state index is -3.80. The SMILES string of the molecule is COc1ccc(N(CC(=O)N/N=C\c2c(Cl)cccc2Cl)S(C)(=O)=O)c(OC)c1. The molecule has 29 heavy (non-hydrogen) atoms. The van der Waals surface area contributed by atoms with Gasteiger partial charge in [0.25, 0.3) is 5.91 Å². The molecule has 0 aromatic heterocycles. The van der Waals surface area contributed by atoms with Crippen molar-refractivity contribution in [2.75, 3.05) is 31.3 Å². The summed E-state index contributed by atoms with van der Waals surface area (Å²) in [5.74, 6) is 0.0337. The Bertz CT molecular complexity index is 1010. The molecule has 2 aromatic rings. The van der Waals surface area contributed by atoms with Crippen molar-refractivity contribution in [2.24, 2.45) is 5.10 Å². The number of carbonyl (C=O) groups is 1. The maximum atomic E-state index is 12.3. The molecule has 0 atom stereocenters. The monoisotopic (exact) mass is 459 g/mol. The molecule has 2 aromatic carbocycles. The van der Waals surface area contributed by atoms with Gasteiger partial charge in [0.15, 0.2) is 0 Å². The Morgan fingerprint density at radius 2 is 1.83 bits per heavy atom. The van der Waals surface area contributed by atoms with Crippen LogP contribution in [0.3, 0.4) is 0 Å². The number of hydrogen-bond acceptors (Lipinski definition) is 6. The van der Waals surface area contributed by atoms with E-state index in [1.54, 1.807) is 24.3 Å². The van der Waals surface area contributed by atoms with Gasteiger partial charge >= 0.3 is 0 Å². The molecule has 0 bridgehead atoms. The molecule has 11 heteroatoms. The molecular formula is C18H19Cl2N3O5S. The molecule has 1 N–H and O–H groups in total. The van der Waals surface area contributed by atoms with E-state index in [9.17, 15) is 13.2 Å². The summed E-state index contributed by atoms with van der Waals surface area (Å²) in [7, 11) is -0.941. The first-order chi connectivity index (χ1) is 13.7. The summed E-state index contributed by atoms with van der Waals surface area (Å²) in [6.07, 6.45) is 2.26. The van der Waals surface area contributed by atoms with Gasteiger partial charge in [0, 0.05) is 11.6 Å². The van der Waals surface area contributed by atoms with Crippen molar-refractivity contribution < 1.29 is 22.7 Å². The fourth-order valence-corrected chi connectivity index (χ4v) is 3.70. The van der Waals surface area contributed by atoms with Crippen LogP contribution in [-0.4, -0.2) is 47.6 Å². The average Bonchev–Trinajstić information content (AvgIpc) is 2.67. The van der Waals surface area contributed by atoms with Crippen LogP contribution in [-0.2, 0) is 14.8 Å². The van der Waals surface area contributed by atoms with Gasteiger partial charge in [-0.3, -0.25) is 9.10 Å². The zero-order valence-electron chi connectivity index (χ0n) is 15.8. The number of nitrogens with one attached hydrogen (secondary N) is 1. The second-order valence-electron chi connectivity index (χ2n) is 5.74. The summed E-state index contributed by atoms with van der Waals surface area (Å²) in [6.45, 7) is -0.519. The molecule has 0 spiro atoms. The largest absolute Gasteiger partial charge is 0.497 e. The third-order valence-electron chi connectivity index (χ3n) is 3.73. The standard InChI is InChI=1S/C18H19Cl2N3O5S/c1-27-12-7-8-16(17(9-12)28-2)23(29(3,25)26)11-18(24)22-21-10-13-14(19)5-4-6-15(13)20/h4-10H,11H2,1-3H3,(H,22,24)/b21-10-. The highest BCUT2D eigenvalue weighted by Crippen LogP contribution is 2.33. The fraction of sp³-hybridized carbons (Fsp3) is 0.222. The van der Waals surface area contributed by atoms with Crippen molar-refractivity contribution in [1.82, 2.24) is 5.43 Å². The van der Waals surface area contributed by atoms with E-state index in [4.69, 9.17) is 32.7 Å². The number of sulfonamides is 1. The first-order valence-electron chi connectivity index (χ1n) is 8.13. The van der Waals surface area contributed by atoms with Gasteiger partial charge in [-0.05, 0) is 24.3 Å². The molecule has 0 heterocycles. The molecule has 0 aliphatic rings. The quantitative estimate of drug-likeness (QED) is 0.483. The van der Waals surface area contributed by atoms with Gasteiger partial charge in [0.2, 0.25) is 10.0 Å². The van der Waals surface area contributed by atoms with Crippen molar-refractivity contribution in [3.8, 4) is 11.5 Å². The summed E-state index contributed by atoms with van der Waals surface area (Å²) >= 11 is 12.1. The van der Waals surface area contributed by atoms with Crippen molar-refractivity contribution in [3.63, 3.8) is 0 Å². The van der Waals surface area contributed by atoms with E-state index < -0.39 is 22.5 Å². The van der Waals surface area contributed by atoms with Crippen LogP contribution in [0.5, 0.6) is 11.5 Å². The summed E-state index contributed by atoms with van der Waals surface area (Å²) < 4.78 is 35.8. The van der Waals surface area contributed by atoms with Crippen LogP contribution in [0, 0.1) is 0 Å². The Labute approximate surface area is 179 Å². The molecule has 0 unspecified atom stereocenters. The second-order valence-corrected chi connectivity index (χ2v) is 8.46. The van der Waals surface area contributed by atoms with Gasteiger partial charge < -0.3 is 9.47 Å². The highest BCUT2D eigenvalue weighted by atomic mass is 35.5. The molecule has 0 radical (unpaired) electrons. The molecular weight excluding hydrogens is 441 g/mol. The van der Waals surface area contributed by atoms with Crippen molar-refractivity contribution in [3.05, 3.63) is 52.0 Å². The molecule has 0 fully saturated rings. The van der Waals surface area contributed by atoms with Gasteiger partial charge in [0.05, 0.1) is 42.4 Å². The van der Waals surface area contributed by atoms with Crippen molar-refractivity contribution in [2.45, 2.75) is 0 Å². The van der Waals surface area contributed by atoms with Crippen LogP contribution in [0.15, 0.2) is 41.5 Å². The number of carbonyl (C=O) groups excluding carboxylic acids is 1. The summed E-state index contributed by atoms with van der Waals surface area (Å²) in [6, 6.07) is 9.48. The molecule has 156 valence electrons. The van der Waals surface area contributed by atoms with Crippen LogP contribution < -0.4 is 19.2 Å². The van der Waals surface area contributed by atoms with Crippen LogP contribution in [0.1, 0.15) is 5.56 Å². The highest BCUT2D eigenvalue weighted by Gasteiger charge is 2.24. The van der Waals surface area contributed by atoms with E-state index in [0.29, 0.717) is 21.4 Å². The molecule has 2 rings (SSSR count). The van der Waals surface area contributed by atoms with E-state index in [1.165, 1.54) is 32.6 Å². The molecule has 0 aliphatic heterocycles. The van der Waals surface area contributed by atoms with Crippen LogP contribution in [0.25, 0.3) is 0 Å². The van der Waals surface area contributed by atoms with Gasteiger partial charge in [-0.15, -0.1) is 0 Å². The van der Waals surface area contributed by atoms with Crippen molar-refractivity contribution in [1.29, 1.82) is 0 Å². The number of rotatable bonds is 8. The fourth-order valence-electron chi connectivity index (χ4n) is 2.34. The molecule has 0 saturated heterocycles. The van der Waals surface area contributed by atoms with Gasteiger partial charge in [-0.25, -0.2) is 13.8 Å². The number of hydrogen-bond donors (Lipinski definition) is 1. The zero-order chi connectivity index (χ0) is 21.6. The van der Waals surface area contributed by atoms with Crippen LogP contribution in [0.4, 0.5) is 5.69 Å². The summed E-state index contributed by atoms with van der Waals surface area (Å²) in [4.78, 5) is 12.3. The summed E-state index contributed by atoms with van der Waals surface area (Å²) in [5, 5.41) is 4.51. The van der Waals surface area contributed by atoms with E-state index in [1.807, 2.05) is 0 Å².